The normalized spacial score (nSPS) is 18.5. The second kappa shape index (κ2) is 6.37. The number of hydrogen-bond acceptors (Lipinski definition) is 3. The van der Waals surface area contributed by atoms with Crippen molar-refractivity contribution < 1.29 is 9.84 Å². The summed E-state index contributed by atoms with van der Waals surface area (Å²) in [6.07, 6.45) is 4.95. The number of rotatable bonds is 1. The van der Waals surface area contributed by atoms with E-state index in [4.69, 9.17) is 21.4 Å². The molecule has 1 aromatic carbocycles. The molecular formula is C15H14BrClN2O2. The third kappa shape index (κ3) is 2.82. The first-order chi connectivity index (χ1) is 10.2. The average Bonchev–Trinajstić information content (AvgIpc) is 2.92. The summed E-state index contributed by atoms with van der Waals surface area (Å²) in [5.41, 5.74) is 1.59. The highest BCUT2D eigenvalue weighted by atomic mass is 79.9. The van der Waals surface area contributed by atoms with Gasteiger partial charge in [-0.3, -0.25) is 0 Å². The summed E-state index contributed by atoms with van der Waals surface area (Å²) in [6.45, 7) is 0.566. The number of nitrogens with zero attached hydrogens (tertiary/aromatic N) is 2. The average molecular weight is 370 g/mol. The van der Waals surface area contributed by atoms with Crippen molar-refractivity contribution in [3.8, 4) is 11.8 Å². The molecule has 110 valence electrons. The van der Waals surface area contributed by atoms with Crippen LogP contribution in [-0.2, 0) is 4.74 Å². The minimum Gasteiger partial charge on any atom is -0.384 e. The van der Waals surface area contributed by atoms with Crippen LogP contribution in [0, 0.1) is 11.8 Å². The number of ether oxygens (including phenoxy) is 1. The Balaban J connectivity index is 2.10. The Morgan fingerprint density at radius 1 is 1.52 bits per heavy atom. The third-order valence-electron chi connectivity index (χ3n) is 3.51. The molecule has 1 aromatic heterocycles. The smallest absolute Gasteiger partial charge is 0.150 e. The molecule has 1 aliphatic heterocycles. The largest absolute Gasteiger partial charge is 0.384 e. The van der Waals surface area contributed by atoms with Gasteiger partial charge in [0.05, 0.1) is 22.3 Å². The van der Waals surface area contributed by atoms with Gasteiger partial charge in [0.15, 0.2) is 6.23 Å². The fourth-order valence-corrected chi connectivity index (χ4v) is 3.48. The Morgan fingerprint density at radius 2 is 2.38 bits per heavy atom. The van der Waals surface area contributed by atoms with Crippen LogP contribution in [0.25, 0.3) is 10.9 Å². The van der Waals surface area contributed by atoms with Crippen LogP contribution in [0.4, 0.5) is 0 Å². The van der Waals surface area contributed by atoms with Crippen LogP contribution in [-0.4, -0.2) is 28.1 Å². The number of hydrogen-bond donors (Lipinski definition) is 1. The minimum absolute atomic E-state index is 0.0337. The molecule has 0 saturated carbocycles. The number of fused-ring (bicyclic) bond motifs is 1. The van der Waals surface area contributed by atoms with Crippen molar-refractivity contribution in [1.29, 1.82) is 0 Å². The lowest BCUT2D eigenvalue weighted by Gasteiger charge is -2.23. The number of benzene rings is 1. The number of halogens is 2. The maximum Gasteiger partial charge on any atom is 0.150 e. The molecule has 0 spiro atoms. The highest BCUT2D eigenvalue weighted by Crippen LogP contribution is 2.35. The van der Waals surface area contributed by atoms with Crippen molar-refractivity contribution in [2.24, 2.45) is 0 Å². The second-order valence-corrected chi connectivity index (χ2v) is 6.05. The monoisotopic (exact) mass is 368 g/mol. The van der Waals surface area contributed by atoms with E-state index in [1.54, 1.807) is 6.20 Å². The highest BCUT2D eigenvalue weighted by molar-refractivity contribution is 9.10. The second-order valence-electron chi connectivity index (χ2n) is 4.85. The predicted molar refractivity (Wildman–Crippen MR) is 85.2 cm³/mol. The van der Waals surface area contributed by atoms with E-state index in [2.05, 4.69) is 32.9 Å². The molecule has 0 radical (unpaired) electrons. The van der Waals surface area contributed by atoms with Crippen LogP contribution in [0.15, 0.2) is 16.7 Å². The summed E-state index contributed by atoms with van der Waals surface area (Å²) in [5.74, 6) is 5.49. The Morgan fingerprint density at radius 3 is 3.10 bits per heavy atom. The molecule has 2 heterocycles. The van der Waals surface area contributed by atoms with E-state index in [0.717, 1.165) is 41.2 Å². The van der Waals surface area contributed by atoms with E-state index in [9.17, 15) is 0 Å². The van der Waals surface area contributed by atoms with E-state index >= 15 is 0 Å². The van der Waals surface area contributed by atoms with Gasteiger partial charge in [-0.25, -0.2) is 4.68 Å². The van der Waals surface area contributed by atoms with Gasteiger partial charge in [0.25, 0.3) is 0 Å². The molecule has 1 N–H and O–H groups in total. The molecule has 3 rings (SSSR count). The standard InChI is InChI=1S/C15H14BrClN2O2/c16-15-10(4-3-6-20)12(17)8-13-11(15)9-18-19(13)14-5-1-2-7-21-14/h8-9,14,20H,1-2,5-7H2. The fourth-order valence-electron chi connectivity index (χ4n) is 2.50. The zero-order valence-electron chi connectivity index (χ0n) is 11.3. The quantitative estimate of drug-likeness (QED) is 0.783. The van der Waals surface area contributed by atoms with Gasteiger partial charge in [-0.2, -0.15) is 5.10 Å². The van der Waals surface area contributed by atoms with E-state index < -0.39 is 0 Å². The summed E-state index contributed by atoms with van der Waals surface area (Å²) < 4.78 is 8.47. The lowest BCUT2D eigenvalue weighted by molar-refractivity contribution is -0.0366. The summed E-state index contributed by atoms with van der Waals surface area (Å²) in [5, 5.41) is 14.8. The molecule has 1 saturated heterocycles. The molecule has 2 aromatic rings. The minimum atomic E-state index is -0.198. The van der Waals surface area contributed by atoms with Crippen LogP contribution in [0.3, 0.4) is 0 Å². The van der Waals surface area contributed by atoms with Crippen LogP contribution in [0.1, 0.15) is 31.1 Å². The van der Waals surface area contributed by atoms with E-state index in [1.807, 2.05) is 10.7 Å². The summed E-state index contributed by atoms with van der Waals surface area (Å²) in [7, 11) is 0. The zero-order valence-corrected chi connectivity index (χ0v) is 13.6. The van der Waals surface area contributed by atoms with Gasteiger partial charge >= 0.3 is 0 Å². The van der Waals surface area contributed by atoms with Gasteiger partial charge in [0, 0.05) is 16.5 Å². The van der Waals surface area contributed by atoms with Crippen molar-refractivity contribution in [2.45, 2.75) is 25.5 Å². The van der Waals surface area contributed by atoms with Gasteiger partial charge in [-0.05, 0) is 41.3 Å². The van der Waals surface area contributed by atoms with E-state index in [0.29, 0.717) is 10.6 Å². The molecule has 4 nitrogen and oxygen atoms in total. The van der Waals surface area contributed by atoms with Crippen molar-refractivity contribution in [3.05, 3.63) is 27.3 Å². The first kappa shape index (κ1) is 14.9. The lowest BCUT2D eigenvalue weighted by atomic mass is 10.1. The van der Waals surface area contributed by atoms with Gasteiger partial charge in [-0.15, -0.1) is 0 Å². The van der Waals surface area contributed by atoms with Crippen LogP contribution in [0.2, 0.25) is 5.02 Å². The summed E-state index contributed by atoms with van der Waals surface area (Å²) in [6, 6.07) is 1.86. The third-order valence-corrected chi connectivity index (χ3v) is 4.63. The Kier molecular flexibility index (Phi) is 4.51. The van der Waals surface area contributed by atoms with Crippen molar-refractivity contribution in [1.82, 2.24) is 9.78 Å². The molecule has 1 unspecified atom stereocenters. The molecule has 6 heteroatoms. The fraction of sp³-hybridized carbons (Fsp3) is 0.400. The number of aromatic nitrogens is 2. The van der Waals surface area contributed by atoms with Gasteiger partial charge in [-0.1, -0.05) is 23.4 Å². The maximum atomic E-state index is 8.83. The summed E-state index contributed by atoms with van der Waals surface area (Å²) >= 11 is 9.85. The topological polar surface area (TPSA) is 47.3 Å². The molecule has 1 atom stereocenters. The van der Waals surface area contributed by atoms with Crippen LogP contribution < -0.4 is 0 Å². The Hall–Kier alpha value is -1.06. The van der Waals surface area contributed by atoms with Crippen LogP contribution in [0.5, 0.6) is 0 Å². The van der Waals surface area contributed by atoms with E-state index in [1.165, 1.54) is 0 Å². The maximum absolute atomic E-state index is 8.83. The Labute approximate surface area is 136 Å². The first-order valence-electron chi connectivity index (χ1n) is 6.79. The number of aliphatic hydroxyl groups excluding tert-OH is 1. The molecule has 0 amide bonds. The molecule has 0 aliphatic carbocycles. The molecule has 1 aliphatic rings. The van der Waals surface area contributed by atoms with Crippen LogP contribution >= 0.6 is 27.5 Å². The molecule has 1 fully saturated rings. The zero-order chi connectivity index (χ0) is 14.8. The van der Waals surface area contributed by atoms with E-state index in [-0.39, 0.29) is 12.8 Å². The predicted octanol–water partition coefficient (Wildman–Crippen LogP) is 3.50. The molecular weight excluding hydrogens is 356 g/mol. The van der Waals surface area contributed by atoms with Gasteiger partial charge in [0.2, 0.25) is 0 Å². The van der Waals surface area contributed by atoms with Crippen molar-refractivity contribution >= 4 is 38.4 Å². The van der Waals surface area contributed by atoms with Gasteiger partial charge < -0.3 is 9.84 Å². The van der Waals surface area contributed by atoms with Gasteiger partial charge in [0.1, 0.15) is 6.61 Å². The van der Waals surface area contributed by atoms with Crippen molar-refractivity contribution in [3.63, 3.8) is 0 Å². The highest BCUT2D eigenvalue weighted by Gasteiger charge is 2.20. The lowest BCUT2D eigenvalue weighted by Crippen LogP contribution is -2.18. The summed E-state index contributed by atoms with van der Waals surface area (Å²) in [4.78, 5) is 0. The SMILES string of the molecule is OCC#Cc1c(Cl)cc2c(cnn2C2CCCCO2)c1Br. The first-order valence-corrected chi connectivity index (χ1v) is 7.96. The number of aliphatic hydroxyl groups is 1. The van der Waals surface area contributed by atoms with Crippen molar-refractivity contribution in [2.75, 3.05) is 13.2 Å². The molecule has 0 bridgehead atoms. The Bertz CT molecular complexity index is 727. The molecule has 21 heavy (non-hydrogen) atoms.